The Morgan fingerprint density at radius 3 is 2.35 bits per heavy atom. The number of benzene rings is 2. The molecule has 1 saturated heterocycles. The molecular formula is C22H22O12. The van der Waals surface area contributed by atoms with E-state index in [-0.39, 0.29) is 45.3 Å². The van der Waals surface area contributed by atoms with Crippen LogP contribution in [0.3, 0.4) is 0 Å². The van der Waals surface area contributed by atoms with Gasteiger partial charge in [0.25, 0.3) is 0 Å². The number of methoxy groups -OCH3 is 1. The van der Waals surface area contributed by atoms with E-state index in [4.69, 9.17) is 18.6 Å². The minimum absolute atomic E-state index is 0.0356. The molecule has 182 valence electrons. The van der Waals surface area contributed by atoms with Crippen LogP contribution in [0, 0.1) is 0 Å². The van der Waals surface area contributed by atoms with Crippen LogP contribution in [-0.2, 0) is 4.74 Å². The van der Waals surface area contributed by atoms with Gasteiger partial charge in [-0.1, -0.05) is 0 Å². The van der Waals surface area contributed by atoms with Crippen molar-refractivity contribution >= 4 is 11.0 Å². The zero-order valence-corrected chi connectivity index (χ0v) is 17.7. The lowest BCUT2D eigenvalue weighted by molar-refractivity contribution is -0.277. The van der Waals surface area contributed by atoms with E-state index in [1.807, 2.05) is 0 Å². The van der Waals surface area contributed by atoms with Crippen LogP contribution in [0.2, 0.25) is 0 Å². The van der Waals surface area contributed by atoms with Gasteiger partial charge in [0.05, 0.1) is 19.3 Å². The first-order valence-corrected chi connectivity index (χ1v) is 10.0. The predicted octanol–water partition coefficient (Wildman–Crippen LogP) is -0.236. The summed E-state index contributed by atoms with van der Waals surface area (Å²) in [6, 6.07) is 5.67. The Bertz CT molecular complexity index is 1270. The largest absolute Gasteiger partial charge is 0.508 e. The maximum absolute atomic E-state index is 12.7. The lowest BCUT2D eigenvalue weighted by Crippen LogP contribution is -2.60. The molecule has 1 aliphatic rings. The minimum Gasteiger partial charge on any atom is -0.508 e. The number of aliphatic hydroxyl groups is 4. The second-order valence-corrected chi connectivity index (χ2v) is 7.62. The molecule has 0 aliphatic carbocycles. The predicted molar refractivity (Wildman–Crippen MR) is 114 cm³/mol. The Labute approximate surface area is 191 Å². The fourth-order valence-corrected chi connectivity index (χ4v) is 3.73. The number of hydrogen-bond donors (Lipinski definition) is 7. The second-order valence-electron chi connectivity index (χ2n) is 7.62. The van der Waals surface area contributed by atoms with Crippen molar-refractivity contribution < 1.29 is 54.4 Å². The van der Waals surface area contributed by atoms with E-state index < -0.39 is 48.5 Å². The zero-order chi connectivity index (χ0) is 24.7. The second kappa shape index (κ2) is 9.00. The first kappa shape index (κ1) is 23.6. The molecule has 0 saturated carbocycles. The molecule has 12 heteroatoms. The van der Waals surface area contributed by atoms with Crippen molar-refractivity contribution in [1.82, 2.24) is 0 Å². The summed E-state index contributed by atoms with van der Waals surface area (Å²) < 4.78 is 22.0. The number of ether oxygens (including phenoxy) is 3. The molecule has 5 atom stereocenters. The highest BCUT2D eigenvalue weighted by molar-refractivity contribution is 5.86. The summed E-state index contributed by atoms with van der Waals surface area (Å²) >= 11 is 0. The van der Waals surface area contributed by atoms with Gasteiger partial charge < -0.3 is 54.4 Å². The van der Waals surface area contributed by atoms with Gasteiger partial charge in [0.15, 0.2) is 16.9 Å². The van der Waals surface area contributed by atoms with Crippen molar-refractivity contribution in [1.29, 1.82) is 0 Å². The molecule has 34 heavy (non-hydrogen) atoms. The topological polar surface area (TPSA) is 200 Å². The molecule has 2 heterocycles. The first-order chi connectivity index (χ1) is 16.2. The number of hydrogen-bond acceptors (Lipinski definition) is 12. The maximum atomic E-state index is 12.7. The summed E-state index contributed by atoms with van der Waals surface area (Å²) in [6.07, 6.45) is -8.02. The molecule has 7 N–H and O–H groups in total. The van der Waals surface area contributed by atoms with E-state index in [1.165, 1.54) is 19.2 Å². The third-order valence-corrected chi connectivity index (χ3v) is 5.44. The van der Waals surface area contributed by atoms with Gasteiger partial charge in [0, 0.05) is 18.2 Å². The van der Waals surface area contributed by atoms with Gasteiger partial charge in [0.2, 0.25) is 12.0 Å². The van der Waals surface area contributed by atoms with Gasteiger partial charge in [-0.2, -0.15) is 0 Å². The Balaban J connectivity index is 1.86. The number of fused-ring (bicyclic) bond motifs is 1. The molecule has 1 aliphatic heterocycles. The third-order valence-electron chi connectivity index (χ3n) is 5.44. The molecule has 12 nitrogen and oxygen atoms in total. The lowest BCUT2D eigenvalue weighted by Gasteiger charge is -2.39. The number of rotatable bonds is 5. The quantitative estimate of drug-likeness (QED) is 0.254. The Morgan fingerprint density at radius 2 is 1.68 bits per heavy atom. The molecule has 3 aromatic rings. The van der Waals surface area contributed by atoms with E-state index in [0.717, 1.165) is 18.2 Å². The van der Waals surface area contributed by atoms with Crippen LogP contribution in [0.1, 0.15) is 0 Å². The summed E-state index contributed by atoms with van der Waals surface area (Å²) in [5.41, 5.74) is -0.765. The summed E-state index contributed by atoms with van der Waals surface area (Å²) in [6.45, 7) is -0.693. The van der Waals surface area contributed by atoms with Gasteiger partial charge in [-0.3, -0.25) is 4.79 Å². The Morgan fingerprint density at radius 1 is 0.941 bits per heavy atom. The molecule has 1 fully saturated rings. The highest BCUT2D eigenvalue weighted by Gasteiger charge is 2.45. The zero-order valence-electron chi connectivity index (χ0n) is 17.7. The van der Waals surface area contributed by atoms with Crippen molar-refractivity contribution in [3.8, 4) is 40.1 Å². The van der Waals surface area contributed by atoms with Crippen LogP contribution in [0.5, 0.6) is 28.7 Å². The van der Waals surface area contributed by atoms with E-state index >= 15 is 0 Å². The van der Waals surface area contributed by atoms with Crippen molar-refractivity contribution in [3.63, 3.8) is 0 Å². The standard InChI is InChI=1S/C22H22O12/c1-31-21-10(25)3-2-9(13-6-12(27)16-11(26)4-8(24)5-14(16)32-13)20(21)34-22-19(30)18(29)17(28)15(7-23)33-22/h2-6,15,17-19,22-26,28-30H,7H2,1H3. The minimum atomic E-state index is -1.77. The lowest BCUT2D eigenvalue weighted by atomic mass is 9.99. The van der Waals surface area contributed by atoms with Crippen LogP contribution < -0.4 is 14.9 Å². The highest BCUT2D eigenvalue weighted by Crippen LogP contribution is 2.45. The van der Waals surface area contributed by atoms with Crippen LogP contribution in [-0.4, -0.2) is 80.2 Å². The van der Waals surface area contributed by atoms with Crippen molar-refractivity contribution in [3.05, 3.63) is 40.6 Å². The average Bonchev–Trinajstić information content (AvgIpc) is 2.78. The van der Waals surface area contributed by atoms with Gasteiger partial charge in [0.1, 0.15) is 52.6 Å². The molecule has 5 unspecified atom stereocenters. The van der Waals surface area contributed by atoms with Gasteiger partial charge >= 0.3 is 0 Å². The molecule has 0 spiro atoms. The van der Waals surface area contributed by atoms with E-state index in [9.17, 15) is 40.5 Å². The van der Waals surface area contributed by atoms with Crippen molar-refractivity contribution in [2.45, 2.75) is 30.7 Å². The number of aromatic hydroxyl groups is 3. The third kappa shape index (κ3) is 3.97. The van der Waals surface area contributed by atoms with Gasteiger partial charge in [-0.25, -0.2) is 0 Å². The van der Waals surface area contributed by atoms with Crippen molar-refractivity contribution in [2.75, 3.05) is 13.7 Å². The van der Waals surface area contributed by atoms with E-state index in [2.05, 4.69) is 0 Å². The Kier molecular flexibility index (Phi) is 6.25. The molecule has 2 aromatic carbocycles. The molecule has 0 amide bonds. The van der Waals surface area contributed by atoms with Crippen LogP contribution in [0.4, 0.5) is 0 Å². The number of phenolic OH excluding ortho intramolecular Hbond substituents is 3. The highest BCUT2D eigenvalue weighted by atomic mass is 16.7. The molecule has 4 rings (SSSR count). The van der Waals surface area contributed by atoms with Crippen molar-refractivity contribution in [2.24, 2.45) is 0 Å². The number of phenols is 3. The fourth-order valence-electron chi connectivity index (χ4n) is 3.73. The van der Waals surface area contributed by atoms with Crippen LogP contribution in [0.15, 0.2) is 39.5 Å². The average molecular weight is 478 g/mol. The number of aliphatic hydroxyl groups excluding tert-OH is 4. The van der Waals surface area contributed by atoms with E-state index in [0.29, 0.717) is 0 Å². The normalized spacial score (nSPS) is 24.8. The first-order valence-electron chi connectivity index (χ1n) is 10.0. The van der Waals surface area contributed by atoms with Crippen LogP contribution in [0.25, 0.3) is 22.3 Å². The summed E-state index contributed by atoms with van der Waals surface area (Å²) in [7, 11) is 1.21. The summed E-state index contributed by atoms with van der Waals surface area (Å²) in [5, 5.41) is 69.7. The molecule has 1 aromatic heterocycles. The maximum Gasteiger partial charge on any atom is 0.229 e. The Hall–Kier alpha value is -3.55. The molecular weight excluding hydrogens is 456 g/mol. The summed E-state index contributed by atoms with van der Waals surface area (Å²) in [5.74, 6) is -1.86. The van der Waals surface area contributed by atoms with Crippen LogP contribution >= 0.6 is 0 Å². The van der Waals surface area contributed by atoms with Gasteiger partial charge in [-0.05, 0) is 12.1 Å². The van der Waals surface area contributed by atoms with Gasteiger partial charge in [-0.15, -0.1) is 0 Å². The SMILES string of the molecule is COc1c(O)ccc(-c2cc(=O)c3c(O)cc(O)cc3o2)c1OC1OC(CO)C(O)C(O)C1O. The summed E-state index contributed by atoms with van der Waals surface area (Å²) in [4.78, 5) is 12.7. The monoisotopic (exact) mass is 478 g/mol. The smallest absolute Gasteiger partial charge is 0.229 e. The fraction of sp³-hybridized carbons (Fsp3) is 0.318. The molecule has 0 radical (unpaired) electrons. The van der Waals surface area contributed by atoms with E-state index in [1.54, 1.807) is 0 Å². The molecule has 0 bridgehead atoms.